The molecule has 0 unspecified atom stereocenters. The van der Waals surface area contributed by atoms with Crippen LogP contribution in [0, 0.1) is 6.92 Å². The third-order valence-electron chi connectivity index (χ3n) is 4.30. The molecule has 0 radical (unpaired) electrons. The number of thiophene rings is 1. The first-order valence-corrected chi connectivity index (χ1v) is 8.52. The fraction of sp³-hybridized carbons (Fsp3) is 0.222. The van der Waals surface area contributed by atoms with E-state index in [9.17, 15) is 4.79 Å². The van der Waals surface area contributed by atoms with Crippen LogP contribution in [-0.2, 0) is 4.79 Å². The third-order valence-corrected chi connectivity index (χ3v) is 5.43. The summed E-state index contributed by atoms with van der Waals surface area (Å²) >= 11 is 1.67. The van der Waals surface area contributed by atoms with Gasteiger partial charge in [-0.2, -0.15) is 0 Å². The molecule has 122 valence electrons. The molecule has 0 saturated carbocycles. The molecule has 1 aliphatic heterocycles. The maximum Gasteiger partial charge on any atom is 0.313 e. The number of fused-ring (bicyclic) bond motifs is 1. The fourth-order valence-electron chi connectivity index (χ4n) is 3.10. The number of rotatable bonds is 3. The van der Waals surface area contributed by atoms with Crippen LogP contribution in [0.1, 0.15) is 28.3 Å². The lowest BCUT2D eigenvalue weighted by atomic mass is 9.89. The summed E-state index contributed by atoms with van der Waals surface area (Å²) in [5.41, 5.74) is 4.01. The van der Waals surface area contributed by atoms with Gasteiger partial charge >= 0.3 is 5.97 Å². The van der Waals surface area contributed by atoms with E-state index in [0.717, 1.165) is 22.6 Å². The molecule has 0 fully saturated rings. The monoisotopic (exact) mass is 340 g/mol. The minimum absolute atomic E-state index is 0.0305. The molecule has 3 heterocycles. The molecule has 0 aliphatic carbocycles. The Balaban J connectivity index is 1.84. The number of aryl methyl sites for hydroxylation is 1. The van der Waals surface area contributed by atoms with E-state index in [1.54, 1.807) is 18.4 Å². The zero-order chi connectivity index (χ0) is 16.7. The van der Waals surface area contributed by atoms with E-state index in [0.29, 0.717) is 12.3 Å². The van der Waals surface area contributed by atoms with Crippen molar-refractivity contribution in [1.29, 1.82) is 0 Å². The number of benzene rings is 1. The molecule has 1 aliphatic rings. The van der Waals surface area contributed by atoms with Crippen LogP contribution >= 0.6 is 11.3 Å². The number of nitrogens with zero attached hydrogens (tertiary/aromatic N) is 1. The van der Waals surface area contributed by atoms with E-state index in [1.807, 2.05) is 24.3 Å². The van der Waals surface area contributed by atoms with E-state index in [1.165, 1.54) is 10.4 Å². The number of aromatic amines is 1. The first kappa shape index (κ1) is 15.0. The average molecular weight is 340 g/mol. The summed E-state index contributed by atoms with van der Waals surface area (Å²) < 4.78 is 10.6. The van der Waals surface area contributed by atoms with Gasteiger partial charge in [-0.15, -0.1) is 16.4 Å². The number of hydrogen-bond acceptors (Lipinski definition) is 5. The van der Waals surface area contributed by atoms with Gasteiger partial charge in [0.25, 0.3) is 0 Å². The van der Waals surface area contributed by atoms with Crippen LogP contribution in [0.5, 0.6) is 11.6 Å². The van der Waals surface area contributed by atoms with Gasteiger partial charge < -0.3 is 9.47 Å². The van der Waals surface area contributed by atoms with Gasteiger partial charge in [0.2, 0.25) is 5.88 Å². The smallest absolute Gasteiger partial charge is 0.313 e. The topological polar surface area (TPSA) is 64.2 Å². The molecule has 0 bridgehead atoms. The zero-order valence-electron chi connectivity index (χ0n) is 13.3. The number of ether oxygens (including phenoxy) is 2. The Morgan fingerprint density at radius 2 is 2.08 bits per heavy atom. The van der Waals surface area contributed by atoms with Gasteiger partial charge in [-0.05, 0) is 48.2 Å². The van der Waals surface area contributed by atoms with Gasteiger partial charge in [-0.3, -0.25) is 9.89 Å². The summed E-state index contributed by atoms with van der Waals surface area (Å²) in [6.45, 7) is 2.07. The molecule has 3 aromatic rings. The molecular formula is C18H16N2O3S. The number of esters is 1. The molecule has 4 rings (SSSR count). The normalized spacial score (nSPS) is 16.6. The number of carbonyl (C=O) groups excluding carboxylic acids is 1. The van der Waals surface area contributed by atoms with Gasteiger partial charge in [0, 0.05) is 16.4 Å². The van der Waals surface area contributed by atoms with Crippen LogP contribution in [0.2, 0.25) is 0 Å². The van der Waals surface area contributed by atoms with Gasteiger partial charge in [-0.25, -0.2) is 0 Å². The first-order valence-electron chi connectivity index (χ1n) is 7.64. The minimum Gasteiger partial charge on any atom is -0.497 e. The fourth-order valence-corrected chi connectivity index (χ4v) is 4.13. The van der Waals surface area contributed by atoms with Crippen LogP contribution in [0.4, 0.5) is 0 Å². The number of H-pyrrole nitrogens is 1. The summed E-state index contributed by atoms with van der Waals surface area (Å²) in [5, 5.41) is 9.31. The predicted octanol–water partition coefficient (Wildman–Crippen LogP) is 3.90. The maximum atomic E-state index is 12.0. The summed E-state index contributed by atoms with van der Waals surface area (Å²) in [6.07, 6.45) is 0.330. The summed E-state index contributed by atoms with van der Waals surface area (Å²) in [5.74, 6) is 0.907. The Labute approximate surface area is 143 Å². The molecule has 6 heteroatoms. The highest BCUT2D eigenvalue weighted by Crippen LogP contribution is 2.45. The molecular weight excluding hydrogens is 324 g/mol. The lowest BCUT2D eigenvalue weighted by Crippen LogP contribution is -2.20. The van der Waals surface area contributed by atoms with Gasteiger partial charge in [0.1, 0.15) is 5.75 Å². The summed E-state index contributed by atoms with van der Waals surface area (Å²) in [4.78, 5) is 13.2. The quantitative estimate of drug-likeness (QED) is 0.735. The van der Waals surface area contributed by atoms with Crippen molar-refractivity contribution in [3.63, 3.8) is 0 Å². The number of methoxy groups -OCH3 is 1. The second kappa shape index (κ2) is 5.79. The van der Waals surface area contributed by atoms with Crippen molar-refractivity contribution in [2.75, 3.05) is 7.11 Å². The van der Waals surface area contributed by atoms with Crippen LogP contribution in [0.3, 0.4) is 0 Å². The lowest BCUT2D eigenvalue weighted by molar-refractivity contribution is -0.135. The number of nitrogens with one attached hydrogen (secondary N) is 1. The molecule has 2 aromatic heterocycles. The highest BCUT2D eigenvalue weighted by molar-refractivity contribution is 7.10. The number of carbonyl (C=O) groups is 1. The molecule has 0 amide bonds. The van der Waals surface area contributed by atoms with Gasteiger partial charge in [-0.1, -0.05) is 0 Å². The number of hydrogen-bond donors (Lipinski definition) is 1. The minimum atomic E-state index is -0.243. The van der Waals surface area contributed by atoms with Crippen molar-refractivity contribution in [3.05, 3.63) is 51.7 Å². The van der Waals surface area contributed by atoms with E-state index in [2.05, 4.69) is 28.6 Å². The summed E-state index contributed by atoms with van der Waals surface area (Å²) in [6, 6.07) is 9.83. The van der Waals surface area contributed by atoms with Crippen LogP contribution in [0.25, 0.3) is 11.3 Å². The standard InChI is InChI=1S/C18H16N2O3S/c1-10-7-8-24-17(10)13-9-14(21)23-18-15(13)16(19-20-18)11-3-5-12(22-2)6-4-11/h3-8,13H,9H2,1-2H3,(H,19,20)/t13-/m0/s1. The lowest BCUT2D eigenvalue weighted by Gasteiger charge is -2.22. The molecule has 5 nitrogen and oxygen atoms in total. The first-order chi connectivity index (χ1) is 11.7. The van der Waals surface area contributed by atoms with Crippen molar-refractivity contribution in [2.45, 2.75) is 19.3 Å². The Morgan fingerprint density at radius 3 is 2.75 bits per heavy atom. The van der Waals surface area contributed by atoms with Gasteiger partial charge in [0.05, 0.1) is 24.8 Å². The zero-order valence-corrected chi connectivity index (χ0v) is 14.1. The molecule has 0 spiro atoms. The van der Waals surface area contributed by atoms with E-state index in [4.69, 9.17) is 9.47 Å². The van der Waals surface area contributed by atoms with Crippen molar-refractivity contribution >= 4 is 17.3 Å². The Bertz CT molecular complexity index is 895. The van der Waals surface area contributed by atoms with Crippen LogP contribution < -0.4 is 9.47 Å². The van der Waals surface area contributed by atoms with Crippen molar-refractivity contribution in [2.24, 2.45) is 0 Å². The summed E-state index contributed by atoms with van der Waals surface area (Å²) in [7, 11) is 1.64. The second-order valence-corrected chi connectivity index (χ2v) is 6.69. The molecule has 0 saturated heterocycles. The number of aromatic nitrogens is 2. The highest BCUT2D eigenvalue weighted by atomic mass is 32.1. The average Bonchev–Trinajstić information content (AvgIpc) is 3.20. The predicted molar refractivity (Wildman–Crippen MR) is 91.7 cm³/mol. The SMILES string of the molecule is COc1ccc(-c2[nH]nc3c2[C@@H](c2sccc2C)CC(=O)O3)cc1. The maximum absolute atomic E-state index is 12.0. The van der Waals surface area contributed by atoms with E-state index >= 15 is 0 Å². The van der Waals surface area contributed by atoms with Crippen molar-refractivity contribution in [3.8, 4) is 22.9 Å². The third kappa shape index (κ3) is 2.39. The van der Waals surface area contributed by atoms with Crippen LogP contribution in [-0.4, -0.2) is 23.3 Å². The molecule has 24 heavy (non-hydrogen) atoms. The Morgan fingerprint density at radius 1 is 1.29 bits per heavy atom. The molecule has 1 atom stereocenters. The largest absolute Gasteiger partial charge is 0.497 e. The Hall–Kier alpha value is -2.60. The Kier molecular flexibility index (Phi) is 3.61. The van der Waals surface area contributed by atoms with Crippen molar-refractivity contribution < 1.29 is 14.3 Å². The van der Waals surface area contributed by atoms with E-state index < -0.39 is 0 Å². The highest BCUT2D eigenvalue weighted by Gasteiger charge is 2.35. The second-order valence-electron chi connectivity index (χ2n) is 5.74. The van der Waals surface area contributed by atoms with E-state index in [-0.39, 0.29) is 11.9 Å². The van der Waals surface area contributed by atoms with Crippen molar-refractivity contribution in [1.82, 2.24) is 10.2 Å². The van der Waals surface area contributed by atoms with Crippen LogP contribution in [0.15, 0.2) is 35.7 Å². The molecule has 1 aromatic carbocycles. The molecule has 1 N–H and O–H groups in total. The van der Waals surface area contributed by atoms with Gasteiger partial charge in [0.15, 0.2) is 0 Å².